The number of pyridine rings is 4. The maximum absolute atomic E-state index is 4.31. The first kappa shape index (κ1) is 67.7. The summed E-state index contributed by atoms with van der Waals surface area (Å²) in [5.41, 5.74) is 10.9. The highest BCUT2D eigenvalue weighted by Gasteiger charge is 1.96. The molecule has 12 aromatic rings. The maximum Gasteiger partial charge on any atom is 0.125 e. The number of fused-ring (bicyclic) bond motifs is 6. The lowest BCUT2D eigenvalue weighted by Crippen LogP contribution is -1.86. The van der Waals surface area contributed by atoms with Crippen LogP contribution < -0.4 is 0 Å². The topological polar surface area (TPSA) is 103 Å². The van der Waals surface area contributed by atoms with Crippen molar-refractivity contribution in [3.05, 3.63) is 241 Å². The quantitative estimate of drug-likeness (QED) is 0.148. The monoisotopic (exact) mass is 1040 g/mol. The van der Waals surface area contributed by atoms with Crippen LogP contribution in [0.25, 0.3) is 65.3 Å². The van der Waals surface area contributed by atoms with Gasteiger partial charge in [0.15, 0.2) is 0 Å². The van der Waals surface area contributed by atoms with Crippen molar-refractivity contribution >= 4 is 65.3 Å². The lowest BCUT2D eigenvalue weighted by atomic mass is 10.1. The Balaban J connectivity index is 0.000000450. The lowest BCUT2D eigenvalue weighted by Gasteiger charge is -1.96. The lowest BCUT2D eigenvalue weighted by molar-refractivity contribution is 1.09. The molecule has 0 fully saturated rings. The molecule has 0 unspecified atom stereocenters. The molecule has 0 amide bonds. The van der Waals surface area contributed by atoms with Gasteiger partial charge in [-0.15, -0.1) is 0 Å². The fourth-order valence-electron chi connectivity index (χ4n) is 6.89. The van der Waals surface area contributed by atoms with E-state index in [2.05, 4.69) is 127 Å². The summed E-state index contributed by atoms with van der Waals surface area (Å²) in [5.74, 6) is 0.823. The zero-order chi connectivity index (χ0) is 58.1. The molecule has 0 aliphatic carbocycles. The van der Waals surface area contributed by atoms with Crippen LogP contribution in [0.5, 0.6) is 0 Å². The van der Waals surface area contributed by atoms with Crippen LogP contribution in [0.4, 0.5) is 0 Å². The third-order valence-electron chi connectivity index (χ3n) is 10.2. The molecule has 6 heterocycles. The minimum Gasteiger partial charge on any atom is -0.264 e. The summed E-state index contributed by atoms with van der Waals surface area (Å²) in [4.78, 5) is 33.6. The van der Waals surface area contributed by atoms with Crippen LogP contribution in [0.2, 0.25) is 0 Å². The summed E-state index contributed by atoms with van der Waals surface area (Å²) >= 11 is 0. The SMILES string of the molecule is CC.CC.CC.CC.CC.CC.Cc1cc2ccccc2cn1.Cc1ccc2cnccc2c1.Cc1ccc2ncccc2c1.Cc1cnc2ccccc2c1.Cc1cnc2ccccc2n1.Cc1ncc2ccccc2n1. The average Bonchev–Trinajstić information content (AvgIpc) is 3.51. The molecule has 0 radical (unpaired) electrons. The van der Waals surface area contributed by atoms with Crippen LogP contribution in [0.1, 0.15) is 117 Å². The van der Waals surface area contributed by atoms with Crippen molar-refractivity contribution in [3.63, 3.8) is 0 Å². The van der Waals surface area contributed by atoms with Gasteiger partial charge in [0.2, 0.25) is 0 Å². The van der Waals surface area contributed by atoms with Gasteiger partial charge in [-0.1, -0.05) is 197 Å². The minimum absolute atomic E-state index is 0.823. The van der Waals surface area contributed by atoms with Crippen molar-refractivity contribution < 1.29 is 0 Å². The fraction of sp³-hybridized carbons (Fsp3) is 0.257. The molecule has 0 aliphatic heterocycles. The van der Waals surface area contributed by atoms with Gasteiger partial charge in [-0.25, -0.2) is 15.0 Å². The number of para-hydroxylation sites is 4. The molecule has 0 N–H and O–H groups in total. The molecule has 6 aromatic heterocycles. The van der Waals surface area contributed by atoms with Crippen LogP contribution in [0, 0.1) is 41.5 Å². The molecular weight excluding hydrogens is 953 g/mol. The number of nitrogens with zero attached hydrogens (tertiary/aromatic N) is 8. The zero-order valence-electron chi connectivity index (χ0n) is 50.2. The van der Waals surface area contributed by atoms with Crippen LogP contribution in [-0.2, 0) is 0 Å². The molecule has 0 atom stereocenters. The molecule has 8 heteroatoms. The molecule has 12 rings (SSSR count). The Morgan fingerprint density at radius 3 is 1.37 bits per heavy atom. The van der Waals surface area contributed by atoms with Crippen molar-refractivity contribution in [3.8, 4) is 0 Å². The Morgan fingerprint density at radius 2 is 0.705 bits per heavy atom. The number of hydrogen-bond acceptors (Lipinski definition) is 8. The van der Waals surface area contributed by atoms with Crippen molar-refractivity contribution in [1.82, 2.24) is 39.9 Å². The Morgan fingerprint density at radius 1 is 0.244 bits per heavy atom. The van der Waals surface area contributed by atoms with Gasteiger partial charge in [-0.3, -0.25) is 24.9 Å². The summed E-state index contributed by atoms with van der Waals surface area (Å²) < 4.78 is 0. The Kier molecular flexibility index (Phi) is 35.5. The fourth-order valence-corrected chi connectivity index (χ4v) is 6.89. The summed E-state index contributed by atoms with van der Waals surface area (Å²) in [6.45, 7) is 36.1. The Labute approximate surface area is 468 Å². The molecule has 0 bridgehead atoms. The van der Waals surface area contributed by atoms with Crippen LogP contribution >= 0.6 is 0 Å². The van der Waals surface area contributed by atoms with Gasteiger partial charge in [0.25, 0.3) is 0 Å². The largest absolute Gasteiger partial charge is 0.264 e. The first-order valence-corrected chi connectivity index (χ1v) is 27.8. The van der Waals surface area contributed by atoms with E-state index in [-0.39, 0.29) is 0 Å². The molecule has 0 spiro atoms. The number of hydrogen-bond donors (Lipinski definition) is 0. The number of rotatable bonds is 0. The smallest absolute Gasteiger partial charge is 0.125 e. The normalized spacial score (nSPS) is 9.15. The Hall–Kier alpha value is -8.36. The Bertz CT molecular complexity index is 2880. The third kappa shape index (κ3) is 24.1. The number of benzene rings is 6. The molecule has 8 nitrogen and oxygen atoms in total. The van der Waals surface area contributed by atoms with Gasteiger partial charge >= 0.3 is 0 Å². The van der Waals surface area contributed by atoms with Crippen LogP contribution in [0.3, 0.4) is 0 Å². The maximum atomic E-state index is 4.31. The van der Waals surface area contributed by atoms with Gasteiger partial charge in [-0.05, 0) is 119 Å². The predicted molar refractivity (Wildman–Crippen MR) is 343 cm³/mol. The molecule has 0 saturated carbocycles. The zero-order valence-corrected chi connectivity index (χ0v) is 50.2. The van der Waals surface area contributed by atoms with Gasteiger partial charge in [-0.2, -0.15) is 0 Å². The highest BCUT2D eigenvalue weighted by atomic mass is 14.9. The summed E-state index contributed by atoms with van der Waals surface area (Å²) in [6.07, 6.45) is 12.9. The van der Waals surface area contributed by atoms with E-state index in [0.717, 1.165) is 50.2 Å². The van der Waals surface area contributed by atoms with Crippen LogP contribution in [0.15, 0.2) is 207 Å². The van der Waals surface area contributed by atoms with Crippen LogP contribution in [-0.4, -0.2) is 39.9 Å². The highest BCUT2D eigenvalue weighted by molar-refractivity contribution is 5.83. The second-order valence-electron chi connectivity index (χ2n) is 15.8. The molecular formula is C70H88N8. The average molecular weight is 1040 g/mol. The van der Waals surface area contributed by atoms with Crippen molar-refractivity contribution in [2.45, 2.75) is 125 Å². The van der Waals surface area contributed by atoms with Crippen molar-refractivity contribution in [2.24, 2.45) is 0 Å². The van der Waals surface area contributed by atoms with E-state index in [4.69, 9.17) is 0 Å². The second-order valence-corrected chi connectivity index (χ2v) is 15.8. The van der Waals surface area contributed by atoms with Gasteiger partial charge in [0, 0.05) is 76.0 Å². The molecule has 408 valence electrons. The van der Waals surface area contributed by atoms with Gasteiger partial charge < -0.3 is 0 Å². The van der Waals surface area contributed by atoms with Crippen molar-refractivity contribution in [1.29, 1.82) is 0 Å². The summed E-state index contributed by atoms with van der Waals surface area (Å²) in [6, 6.07) is 55.1. The summed E-state index contributed by atoms with van der Waals surface area (Å²) in [7, 11) is 0. The van der Waals surface area contributed by atoms with E-state index in [1.165, 1.54) is 49.0 Å². The van der Waals surface area contributed by atoms with E-state index in [1.807, 2.05) is 238 Å². The first-order chi connectivity index (χ1) is 38.2. The van der Waals surface area contributed by atoms with Crippen molar-refractivity contribution in [2.75, 3.05) is 0 Å². The van der Waals surface area contributed by atoms with E-state index < -0.39 is 0 Å². The third-order valence-corrected chi connectivity index (χ3v) is 10.2. The van der Waals surface area contributed by atoms with Gasteiger partial charge in [0.1, 0.15) is 5.82 Å². The molecule has 6 aromatic carbocycles. The number of aromatic nitrogens is 8. The van der Waals surface area contributed by atoms with E-state index in [0.29, 0.717) is 0 Å². The predicted octanol–water partition coefficient (Wildman–Crippen LogP) is 20.2. The second kappa shape index (κ2) is 40.9. The molecule has 78 heavy (non-hydrogen) atoms. The minimum atomic E-state index is 0.823. The van der Waals surface area contributed by atoms with E-state index in [1.54, 1.807) is 6.20 Å². The van der Waals surface area contributed by atoms with E-state index >= 15 is 0 Å². The standard InChI is InChI=1S/4C10H9N.2C9H8N2.6C2H6/c1-8-2-3-10-7-11-5-4-9(10)6-8;1-8-4-5-10-9(7-8)3-2-6-11-10;1-8-6-9-4-2-3-5-10(9)7-11-8;1-8-6-9-4-2-3-5-10(9)11-7-8;1-7-10-6-8-4-2-3-5-9(8)11-7;1-7-6-10-8-4-2-3-5-9(8)11-7;6*1-2/h4*2-7H,1H3;2*2-6H,1H3;6*1-2H3. The molecule has 0 aliphatic rings. The summed E-state index contributed by atoms with van der Waals surface area (Å²) in [5, 5.41) is 8.47. The first-order valence-electron chi connectivity index (χ1n) is 27.8. The van der Waals surface area contributed by atoms with E-state index in [9.17, 15) is 0 Å². The van der Waals surface area contributed by atoms with Gasteiger partial charge in [0.05, 0.1) is 33.3 Å². The number of aryl methyl sites for hydroxylation is 6. The molecule has 0 saturated heterocycles. The highest BCUT2D eigenvalue weighted by Crippen LogP contribution is 2.16.